The fraction of sp³-hybridized carbons (Fsp3) is 0.214. The standard InChI is InChI=1S/C28H24N2O5/c31-23-16-17-30(27(32)29-23)26-25-24(35-25)22(34-26)18-33-28(19-10-4-1-5-11-19,20-12-6-2-7-13-20)21-14-8-3-9-15-21/h1-17,22,24-26H,18H2,(H,29,31,32). The Labute approximate surface area is 201 Å². The van der Waals surface area contributed by atoms with Crippen LogP contribution < -0.4 is 11.2 Å². The second-order valence-corrected chi connectivity index (χ2v) is 8.74. The molecule has 35 heavy (non-hydrogen) atoms. The Morgan fingerprint density at radius 2 is 1.29 bits per heavy atom. The zero-order valence-corrected chi connectivity index (χ0v) is 18.8. The van der Waals surface area contributed by atoms with Gasteiger partial charge >= 0.3 is 5.69 Å². The van der Waals surface area contributed by atoms with Crippen molar-refractivity contribution in [3.05, 3.63) is 141 Å². The average Bonchev–Trinajstić information content (AvgIpc) is 3.62. The number of aromatic amines is 1. The molecule has 6 rings (SSSR count). The molecular formula is C28H24N2O5. The Hall–Kier alpha value is -3.78. The Kier molecular flexibility index (Phi) is 5.45. The van der Waals surface area contributed by atoms with E-state index in [-0.39, 0.29) is 24.9 Å². The lowest BCUT2D eigenvalue weighted by molar-refractivity contribution is -0.117. The normalized spacial score (nSPS) is 23.1. The predicted molar refractivity (Wildman–Crippen MR) is 129 cm³/mol. The summed E-state index contributed by atoms with van der Waals surface area (Å²) in [6, 6.07) is 31.7. The molecule has 1 N–H and O–H groups in total. The highest BCUT2D eigenvalue weighted by molar-refractivity contribution is 5.47. The molecule has 2 saturated heterocycles. The van der Waals surface area contributed by atoms with Crippen molar-refractivity contribution in [2.45, 2.75) is 30.1 Å². The van der Waals surface area contributed by atoms with Crippen molar-refractivity contribution >= 4 is 0 Å². The van der Waals surface area contributed by atoms with Crippen molar-refractivity contribution in [3.8, 4) is 0 Å². The fourth-order valence-corrected chi connectivity index (χ4v) is 4.96. The summed E-state index contributed by atoms with van der Waals surface area (Å²) in [5.74, 6) is 0. The largest absolute Gasteiger partial charge is 0.362 e. The third-order valence-corrected chi connectivity index (χ3v) is 6.65. The van der Waals surface area contributed by atoms with Gasteiger partial charge < -0.3 is 14.2 Å². The lowest BCUT2D eigenvalue weighted by atomic mass is 9.80. The number of epoxide rings is 1. The van der Waals surface area contributed by atoms with E-state index in [4.69, 9.17) is 14.2 Å². The third-order valence-electron chi connectivity index (χ3n) is 6.65. The van der Waals surface area contributed by atoms with Crippen molar-refractivity contribution in [1.29, 1.82) is 0 Å². The summed E-state index contributed by atoms with van der Waals surface area (Å²) in [7, 11) is 0. The fourth-order valence-electron chi connectivity index (χ4n) is 4.96. The van der Waals surface area contributed by atoms with E-state index in [1.807, 2.05) is 54.6 Å². The zero-order valence-electron chi connectivity index (χ0n) is 18.8. The molecule has 4 aromatic rings. The van der Waals surface area contributed by atoms with Gasteiger partial charge in [0.15, 0.2) is 6.23 Å². The van der Waals surface area contributed by atoms with Gasteiger partial charge in [0, 0.05) is 12.3 Å². The first-order valence-corrected chi connectivity index (χ1v) is 11.6. The first-order chi connectivity index (χ1) is 17.2. The predicted octanol–water partition coefficient (Wildman–Crippen LogP) is 3.21. The molecule has 3 aromatic carbocycles. The van der Waals surface area contributed by atoms with E-state index >= 15 is 0 Å². The van der Waals surface area contributed by atoms with Crippen LogP contribution in [0, 0.1) is 0 Å². The first-order valence-electron chi connectivity index (χ1n) is 11.6. The molecular weight excluding hydrogens is 444 g/mol. The van der Waals surface area contributed by atoms with Crippen LogP contribution >= 0.6 is 0 Å². The van der Waals surface area contributed by atoms with Crippen molar-refractivity contribution in [2.75, 3.05) is 6.61 Å². The second-order valence-electron chi connectivity index (χ2n) is 8.74. The summed E-state index contributed by atoms with van der Waals surface area (Å²) in [4.78, 5) is 26.1. The number of benzene rings is 3. The van der Waals surface area contributed by atoms with E-state index in [9.17, 15) is 9.59 Å². The van der Waals surface area contributed by atoms with Crippen LogP contribution in [-0.4, -0.2) is 34.5 Å². The minimum absolute atomic E-state index is 0.182. The number of ether oxygens (including phenoxy) is 3. The summed E-state index contributed by atoms with van der Waals surface area (Å²) in [6.45, 7) is 0.244. The number of nitrogens with one attached hydrogen (secondary N) is 1. The molecule has 0 aliphatic carbocycles. The van der Waals surface area contributed by atoms with Gasteiger partial charge in [-0.05, 0) is 16.7 Å². The molecule has 0 radical (unpaired) electrons. The van der Waals surface area contributed by atoms with Gasteiger partial charge in [-0.25, -0.2) is 4.79 Å². The molecule has 2 aliphatic heterocycles. The molecule has 7 heteroatoms. The molecule has 1 aromatic heterocycles. The summed E-state index contributed by atoms with van der Waals surface area (Å²) in [5.41, 5.74) is 1.15. The Morgan fingerprint density at radius 3 is 1.80 bits per heavy atom. The number of hydrogen-bond acceptors (Lipinski definition) is 5. The highest BCUT2D eigenvalue weighted by Crippen LogP contribution is 2.46. The van der Waals surface area contributed by atoms with Crippen LogP contribution in [0.25, 0.3) is 0 Å². The summed E-state index contributed by atoms with van der Waals surface area (Å²) >= 11 is 0. The molecule has 2 fully saturated rings. The number of fused-ring (bicyclic) bond motifs is 1. The summed E-state index contributed by atoms with van der Waals surface area (Å²) in [5, 5.41) is 0. The van der Waals surface area contributed by atoms with E-state index in [0.717, 1.165) is 16.7 Å². The highest BCUT2D eigenvalue weighted by Gasteiger charge is 2.59. The highest BCUT2D eigenvalue weighted by atomic mass is 16.7. The lowest BCUT2D eigenvalue weighted by Crippen LogP contribution is -2.38. The lowest BCUT2D eigenvalue weighted by Gasteiger charge is -2.37. The molecule has 7 nitrogen and oxygen atoms in total. The Morgan fingerprint density at radius 1 is 0.743 bits per heavy atom. The van der Waals surface area contributed by atoms with E-state index in [1.165, 1.54) is 16.8 Å². The van der Waals surface area contributed by atoms with Crippen molar-refractivity contribution < 1.29 is 14.2 Å². The first kappa shape index (κ1) is 21.7. The molecule has 0 spiro atoms. The SMILES string of the molecule is O=c1ccn(C2OC(COC(c3ccccc3)(c3ccccc3)c3ccccc3)C3OC32)c(=O)[nH]1. The van der Waals surface area contributed by atoms with Crippen LogP contribution in [0.15, 0.2) is 113 Å². The van der Waals surface area contributed by atoms with Gasteiger partial charge in [-0.15, -0.1) is 0 Å². The molecule has 3 heterocycles. The van der Waals surface area contributed by atoms with Crippen LogP contribution in [0.3, 0.4) is 0 Å². The third kappa shape index (κ3) is 3.83. The number of nitrogens with zero attached hydrogens (tertiary/aromatic N) is 1. The van der Waals surface area contributed by atoms with Crippen LogP contribution in [0.1, 0.15) is 22.9 Å². The quantitative estimate of drug-likeness (QED) is 0.333. The van der Waals surface area contributed by atoms with Gasteiger partial charge in [0.2, 0.25) is 0 Å². The molecule has 4 unspecified atom stereocenters. The van der Waals surface area contributed by atoms with Crippen LogP contribution in [0.4, 0.5) is 0 Å². The van der Waals surface area contributed by atoms with Crippen molar-refractivity contribution in [3.63, 3.8) is 0 Å². The summed E-state index contributed by atoms with van der Waals surface area (Å²) in [6.07, 6.45) is 0.0122. The maximum atomic E-state index is 12.3. The van der Waals surface area contributed by atoms with E-state index < -0.39 is 23.1 Å². The van der Waals surface area contributed by atoms with E-state index in [0.29, 0.717) is 0 Å². The van der Waals surface area contributed by atoms with Gasteiger partial charge in [-0.2, -0.15) is 0 Å². The van der Waals surface area contributed by atoms with Crippen LogP contribution in [0.5, 0.6) is 0 Å². The molecule has 4 atom stereocenters. The Balaban J connectivity index is 1.36. The molecule has 0 amide bonds. The van der Waals surface area contributed by atoms with Gasteiger partial charge in [0.1, 0.15) is 23.9 Å². The minimum atomic E-state index is -0.871. The zero-order chi connectivity index (χ0) is 23.8. The van der Waals surface area contributed by atoms with Crippen molar-refractivity contribution in [1.82, 2.24) is 9.55 Å². The van der Waals surface area contributed by atoms with Gasteiger partial charge in [-0.1, -0.05) is 91.0 Å². The number of hydrogen-bond donors (Lipinski definition) is 1. The van der Waals surface area contributed by atoms with Gasteiger partial charge in [-0.3, -0.25) is 14.3 Å². The van der Waals surface area contributed by atoms with E-state index in [2.05, 4.69) is 41.4 Å². The maximum absolute atomic E-state index is 12.3. The molecule has 0 bridgehead atoms. The van der Waals surface area contributed by atoms with Crippen molar-refractivity contribution in [2.24, 2.45) is 0 Å². The average molecular weight is 469 g/mol. The Bertz CT molecular complexity index is 1320. The molecule has 176 valence electrons. The van der Waals surface area contributed by atoms with Crippen LogP contribution in [-0.2, 0) is 19.8 Å². The van der Waals surface area contributed by atoms with E-state index in [1.54, 1.807) is 0 Å². The van der Waals surface area contributed by atoms with Gasteiger partial charge in [0.25, 0.3) is 5.56 Å². The van der Waals surface area contributed by atoms with Crippen LogP contribution in [0.2, 0.25) is 0 Å². The van der Waals surface area contributed by atoms with Gasteiger partial charge in [0.05, 0.1) is 6.61 Å². The smallest absolute Gasteiger partial charge is 0.330 e. The maximum Gasteiger partial charge on any atom is 0.330 e. The second kappa shape index (κ2) is 8.78. The molecule has 0 saturated carbocycles. The summed E-state index contributed by atoms with van der Waals surface area (Å²) < 4.78 is 20.3. The molecule has 2 aliphatic rings. The monoisotopic (exact) mass is 468 g/mol. The minimum Gasteiger partial charge on any atom is -0.362 e. The topological polar surface area (TPSA) is 85.8 Å². The number of H-pyrrole nitrogens is 1. The number of aromatic nitrogens is 2. The number of rotatable bonds is 7.